The normalized spacial score (nSPS) is 16.8. The van der Waals surface area contributed by atoms with Gasteiger partial charge in [-0.05, 0) is 38.0 Å². The van der Waals surface area contributed by atoms with Crippen LogP contribution in [0.2, 0.25) is 0 Å². The molecule has 1 N–H and O–H groups in total. The van der Waals surface area contributed by atoms with E-state index in [9.17, 15) is 4.79 Å². The Morgan fingerprint density at radius 1 is 1.12 bits per heavy atom. The molecule has 0 radical (unpaired) electrons. The molecule has 1 atom stereocenters. The molecule has 1 aromatic carbocycles. The van der Waals surface area contributed by atoms with Gasteiger partial charge in [-0.2, -0.15) is 0 Å². The molecular weight excluding hydrogens is 298 g/mol. The third-order valence-electron chi connectivity index (χ3n) is 4.90. The zero-order valence-corrected chi connectivity index (χ0v) is 14.9. The van der Waals surface area contributed by atoms with Crippen LogP contribution in [0.25, 0.3) is 0 Å². The minimum absolute atomic E-state index is 0.0409. The topological polar surface area (TPSA) is 37.3 Å². The molecule has 4 nitrogen and oxygen atoms in total. The summed E-state index contributed by atoms with van der Waals surface area (Å²) in [4.78, 5) is 14.8. The molecule has 0 fully saturated rings. The monoisotopic (exact) mass is 325 g/mol. The maximum Gasteiger partial charge on any atom is 0.318 e. The van der Waals surface area contributed by atoms with Gasteiger partial charge in [-0.25, -0.2) is 4.79 Å². The molecule has 2 amide bonds. The summed E-state index contributed by atoms with van der Waals surface area (Å²) in [6.07, 6.45) is 2.07. The standard InChI is InChI=1S/C20H27N3O/c1-4-5-18-19-11-8-16(3)22(19)12-13-23(18)20(24)21-14-17-9-6-15(2)7-10-17/h6-11,18H,4-5,12-14H2,1-3H3,(H,21,24)/t18-/m0/s1. The lowest BCUT2D eigenvalue weighted by Gasteiger charge is -2.37. The minimum atomic E-state index is 0.0409. The predicted octanol–water partition coefficient (Wildman–Crippen LogP) is 4.17. The van der Waals surface area contributed by atoms with Gasteiger partial charge < -0.3 is 14.8 Å². The summed E-state index contributed by atoms with van der Waals surface area (Å²) in [5, 5.41) is 3.09. The first-order chi connectivity index (χ1) is 11.6. The lowest BCUT2D eigenvalue weighted by molar-refractivity contribution is 0.150. The largest absolute Gasteiger partial charge is 0.345 e. The smallest absolute Gasteiger partial charge is 0.318 e. The van der Waals surface area contributed by atoms with Gasteiger partial charge in [0.15, 0.2) is 0 Å². The van der Waals surface area contributed by atoms with E-state index < -0.39 is 0 Å². The van der Waals surface area contributed by atoms with E-state index >= 15 is 0 Å². The highest BCUT2D eigenvalue weighted by Crippen LogP contribution is 2.31. The van der Waals surface area contributed by atoms with Crippen molar-refractivity contribution in [1.29, 1.82) is 0 Å². The second-order valence-corrected chi connectivity index (χ2v) is 6.69. The summed E-state index contributed by atoms with van der Waals surface area (Å²) in [7, 11) is 0. The maximum atomic E-state index is 12.7. The molecule has 1 aromatic heterocycles. The van der Waals surface area contributed by atoms with E-state index in [1.807, 2.05) is 4.90 Å². The molecule has 1 aliphatic heterocycles. The zero-order chi connectivity index (χ0) is 17.1. The summed E-state index contributed by atoms with van der Waals surface area (Å²) < 4.78 is 2.35. The number of urea groups is 1. The molecule has 24 heavy (non-hydrogen) atoms. The first-order valence-corrected chi connectivity index (χ1v) is 8.86. The van der Waals surface area contributed by atoms with E-state index in [1.165, 1.54) is 17.0 Å². The Bertz CT molecular complexity index is 702. The molecule has 128 valence electrons. The van der Waals surface area contributed by atoms with Crippen molar-refractivity contribution in [3.8, 4) is 0 Å². The third kappa shape index (κ3) is 3.32. The Balaban J connectivity index is 1.70. The molecule has 0 unspecified atom stereocenters. The van der Waals surface area contributed by atoms with Crippen LogP contribution in [-0.4, -0.2) is 22.0 Å². The summed E-state index contributed by atoms with van der Waals surface area (Å²) in [6, 6.07) is 12.9. The van der Waals surface area contributed by atoms with Crippen molar-refractivity contribution in [3.63, 3.8) is 0 Å². The summed E-state index contributed by atoms with van der Waals surface area (Å²) in [5.74, 6) is 0. The average Bonchev–Trinajstić information content (AvgIpc) is 2.96. The molecule has 1 aliphatic rings. The van der Waals surface area contributed by atoms with Gasteiger partial charge >= 0.3 is 6.03 Å². The van der Waals surface area contributed by atoms with Crippen LogP contribution < -0.4 is 5.32 Å². The van der Waals surface area contributed by atoms with Crippen LogP contribution in [-0.2, 0) is 13.1 Å². The van der Waals surface area contributed by atoms with Gasteiger partial charge in [-0.15, -0.1) is 0 Å². The van der Waals surface area contributed by atoms with Gasteiger partial charge in [-0.3, -0.25) is 0 Å². The Morgan fingerprint density at radius 2 is 1.88 bits per heavy atom. The van der Waals surface area contributed by atoms with Crippen molar-refractivity contribution in [3.05, 3.63) is 58.9 Å². The van der Waals surface area contributed by atoms with Gasteiger partial charge in [0.05, 0.1) is 6.04 Å². The van der Waals surface area contributed by atoms with E-state index in [-0.39, 0.29) is 12.1 Å². The van der Waals surface area contributed by atoms with E-state index in [1.54, 1.807) is 0 Å². The molecule has 0 saturated heterocycles. The molecule has 0 bridgehead atoms. The Labute approximate surface area is 144 Å². The predicted molar refractivity (Wildman–Crippen MR) is 96.9 cm³/mol. The van der Waals surface area contributed by atoms with Crippen LogP contribution in [0.15, 0.2) is 36.4 Å². The van der Waals surface area contributed by atoms with Crippen molar-refractivity contribution >= 4 is 6.03 Å². The number of aryl methyl sites for hydroxylation is 2. The molecule has 2 heterocycles. The van der Waals surface area contributed by atoms with Crippen LogP contribution in [0, 0.1) is 13.8 Å². The number of nitrogens with one attached hydrogen (secondary N) is 1. The van der Waals surface area contributed by atoms with Crippen molar-refractivity contribution in [2.24, 2.45) is 0 Å². The van der Waals surface area contributed by atoms with Gasteiger partial charge in [-0.1, -0.05) is 43.2 Å². The molecule has 4 heteroatoms. The minimum Gasteiger partial charge on any atom is -0.345 e. The number of amides is 2. The number of carbonyl (C=O) groups excluding carboxylic acids is 1. The molecule has 2 aromatic rings. The van der Waals surface area contributed by atoms with E-state index in [2.05, 4.69) is 67.1 Å². The molecule has 0 spiro atoms. The van der Waals surface area contributed by atoms with Crippen LogP contribution in [0.4, 0.5) is 4.79 Å². The summed E-state index contributed by atoms with van der Waals surface area (Å²) in [5.41, 5.74) is 4.93. The molecular formula is C20H27N3O. The van der Waals surface area contributed by atoms with Crippen LogP contribution in [0.3, 0.4) is 0 Å². The van der Waals surface area contributed by atoms with Gasteiger partial charge in [0.2, 0.25) is 0 Å². The quantitative estimate of drug-likeness (QED) is 0.900. The lowest BCUT2D eigenvalue weighted by atomic mass is 10.0. The number of rotatable bonds is 4. The van der Waals surface area contributed by atoms with Gasteiger partial charge in [0.1, 0.15) is 0 Å². The van der Waals surface area contributed by atoms with E-state index in [4.69, 9.17) is 0 Å². The zero-order valence-electron chi connectivity index (χ0n) is 14.9. The number of nitrogens with zero attached hydrogens (tertiary/aromatic N) is 2. The van der Waals surface area contributed by atoms with Crippen molar-refractivity contribution in [2.45, 2.75) is 52.7 Å². The van der Waals surface area contributed by atoms with Gasteiger partial charge in [0, 0.05) is 31.0 Å². The Kier molecular flexibility index (Phi) is 4.93. The summed E-state index contributed by atoms with van der Waals surface area (Å²) >= 11 is 0. The average molecular weight is 325 g/mol. The number of hydrogen-bond donors (Lipinski definition) is 1. The lowest BCUT2D eigenvalue weighted by Crippen LogP contribution is -2.46. The van der Waals surface area contributed by atoms with Crippen molar-refractivity contribution in [2.75, 3.05) is 6.54 Å². The highest BCUT2D eigenvalue weighted by atomic mass is 16.2. The number of fused-ring (bicyclic) bond motifs is 1. The second kappa shape index (κ2) is 7.12. The van der Waals surface area contributed by atoms with Gasteiger partial charge in [0.25, 0.3) is 0 Å². The summed E-state index contributed by atoms with van der Waals surface area (Å²) in [6.45, 7) is 8.62. The second-order valence-electron chi connectivity index (χ2n) is 6.69. The van der Waals surface area contributed by atoms with Crippen LogP contribution >= 0.6 is 0 Å². The van der Waals surface area contributed by atoms with Crippen molar-refractivity contribution in [1.82, 2.24) is 14.8 Å². The Morgan fingerprint density at radius 3 is 2.58 bits per heavy atom. The third-order valence-corrected chi connectivity index (χ3v) is 4.90. The number of aromatic nitrogens is 1. The number of hydrogen-bond acceptors (Lipinski definition) is 1. The first-order valence-electron chi connectivity index (χ1n) is 8.86. The Hall–Kier alpha value is -2.23. The fourth-order valence-corrected chi connectivity index (χ4v) is 3.51. The highest BCUT2D eigenvalue weighted by molar-refractivity contribution is 5.75. The molecule has 3 rings (SSSR count). The highest BCUT2D eigenvalue weighted by Gasteiger charge is 2.30. The fraction of sp³-hybridized carbons (Fsp3) is 0.450. The van der Waals surface area contributed by atoms with Crippen molar-refractivity contribution < 1.29 is 4.79 Å². The first kappa shape index (κ1) is 16.6. The fourth-order valence-electron chi connectivity index (χ4n) is 3.51. The SMILES string of the molecule is CCC[C@H]1c2ccc(C)n2CCN1C(=O)NCc1ccc(C)cc1. The number of carbonyl (C=O) groups is 1. The maximum absolute atomic E-state index is 12.7. The molecule has 0 aliphatic carbocycles. The van der Waals surface area contributed by atoms with Crippen LogP contribution in [0.5, 0.6) is 0 Å². The molecule has 0 saturated carbocycles. The van der Waals surface area contributed by atoms with E-state index in [0.29, 0.717) is 6.54 Å². The van der Waals surface area contributed by atoms with Crippen LogP contribution in [0.1, 0.15) is 48.3 Å². The number of benzene rings is 1. The van der Waals surface area contributed by atoms with E-state index in [0.717, 1.165) is 31.5 Å².